The molecule has 20 heavy (non-hydrogen) atoms. The maximum Gasteiger partial charge on any atom is 0.303 e. The highest BCUT2D eigenvalue weighted by molar-refractivity contribution is 6.34. The smallest absolute Gasteiger partial charge is 0.303 e. The van der Waals surface area contributed by atoms with Crippen LogP contribution in [0, 0.1) is 0 Å². The van der Waals surface area contributed by atoms with E-state index in [0.717, 1.165) is 0 Å². The van der Waals surface area contributed by atoms with E-state index in [4.69, 9.17) is 26.2 Å². The fourth-order valence-electron chi connectivity index (χ4n) is 1.71. The van der Waals surface area contributed by atoms with E-state index in [2.05, 4.69) is 9.97 Å². The van der Waals surface area contributed by atoms with E-state index in [1.807, 2.05) is 0 Å². The lowest BCUT2D eigenvalue weighted by atomic mass is 10.2. The van der Waals surface area contributed by atoms with Gasteiger partial charge in [0.25, 0.3) is 0 Å². The molecule has 0 aliphatic heterocycles. The van der Waals surface area contributed by atoms with Gasteiger partial charge in [-0.25, -0.2) is 9.97 Å². The summed E-state index contributed by atoms with van der Waals surface area (Å²) in [6, 6.07) is 3.40. The van der Waals surface area contributed by atoms with Crippen LogP contribution in [0.5, 0.6) is 11.5 Å². The van der Waals surface area contributed by atoms with Crippen molar-refractivity contribution in [1.29, 1.82) is 0 Å². The van der Waals surface area contributed by atoms with E-state index < -0.39 is 5.97 Å². The van der Waals surface area contributed by atoms with E-state index in [9.17, 15) is 4.79 Å². The largest absolute Gasteiger partial charge is 0.493 e. The Morgan fingerprint density at radius 1 is 1.35 bits per heavy atom. The standard InChI is InChI=1S/C13H13ClN2O4/c1-19-10-5-8-9(15-7-16-13(8)14)6-11(10)20-4-2-3-12(17)18/h5-7H,2-4H2,1H3,(H,17,18). The first-order chi connectivity index (χ1) is 9.61. The van der Waals surface area contributed by atoms with Gasteiger partial charge in [-0.3, -0.25) is 4.79 Å². The lowest BCUT2D eigenvalue weighted by Crippen LogP contribution is -2.03. The Bertz CT molecular complexity index is 633. The van der Waals surface area contributed by atoms with E-state index in [1.165, 1.54) is 13.4 Å². The maximum atomic E-state index is 10.4. The summed E-state index contributed by atoms with van der Waals surface area (Å²) < 4.78 is 10.8. The number of benzene rings is 1. The van der Waals surface area contributed by atoms with Crippen molar-refractivity contribution in [2.75, 3.05) is 13.7 Å². The molecule has 0 radical (unpaired) electrons. The molecule has 1 aromatic carbocycles. The zero-order valence-corrected chi connectivity index (χ0v) is 11.6. The van der Waals surface area contributed by atoms with Crippen LogP contribution in [0.25, 0.3) is 10.9 Å². The molecule has 2 aromatic rings. The number of methoxy groups -OCH3 is 1. The van der Waals surface area contributed by atoms with Crippen molar-refractivity contribution in [3.8, 4) is 11.5 Å². The first-order valence-electron chi connectivity index (χ1n) is 5.94. The predicted molar refractivity (Wildman–Crippen MR) is 73.5 cm³/mol. The van der Waals surface area contributed by atoms with Crippen LogP contribution in [-0.2, 0) is 4.79 Å². The van der Waals surface area contributed by atoms with Gasteiger partial charge in [0.2, 0.25) is 0 Å². The number of halogens is 1. The van der Waals surface area contributed by atoms with Gasteiger partial charge in [0.05, 0.1) is 19.2 Å². The number of carboxylic acid groups (broad SMARTS) is 1. The summed E-state index contributed by atoms with van der Waals surface area (Å²) in [5.74, 6) is 0.156. The summed E-state index contributed by atoms with van der Waals surface area (Å²) in [7, 11) is 1.52. The monoisotopic (exact) mass is 296 g/mol. The SMILES string of the molecule is COc1cc2c(Cl)ncnc2cc1OCCCC(=O)O. The molecular formula is C13H13ClN2O4. The van der Waals surface area contributed by atoms with Crippen LogP contribution in [0.3, 0.4) is 0 Å². The molecular weight excluding hydrogens is 284 g/mol. The molecule has 0 saturated heterocycles. The molecule has 0 unspecified atom stereocenters. The molecule has 1 aromatic heterocycles. The number of aliphatic carboxylic acids is 1. The fourth-order valence-corrected chi connectivity index (χ4v) is 1.91. The molecule has 0 saturated carbocycles. The molecule has 0 bridgehead atoms. The Morgan fingerprint density at radius 2 is 2.15 bits per heavy atom. The average Bonchev–Trinajstić information content (AvgIpc) is 2.43. The third kappa shape index (κ3) is 3.27. The van der Waals surface area contributed by atoms with Gasteiger partial charge in [0.1, 0.15) is 11.5 Å². The summed E-state index contributed by atoms with van der Waals surface area (Å²) in [5.41, 5.74) is 0.638. The molecule has 1 heterocycles. The fraction of sp³-hybridized carbons (Fsp3) is 0.308. The van der Waals surface area contributed by atoms with Crippen molar-refractivity contribution in [3.63, 3.8) is 0 Å². The number of hydrogen-bond donors (Lipinski definition) is 1. The van der Waals surface area contributed by atoms with Crippen LogP contribution in [-0.4, -0.2) is 34.8 Å². The normalized spacial score (nSPS) is 10.5. The van der Waals surface area contributed by atoms with Gasteiger partial charge >= 0.3 is 5.97 Å². The zero-order chi connectivity index (χ0) is 14.5. The quantitative estimate of drug-likeness (QED) is 0.651. The first kappa shape index (κ1) is 14.3. The Morgan fingerprint density at radius 3 is 2.85 bits per heavy atom. The highest BCUT2D eigenvalue weighted by atomic mass is 35.5. The zero-order valence-electron chi connectivity index (χ0n) is 10.8. The number of fused-ring (bicyclic) bond motifs is 1. The molecule has 106 valence electrons. The summed E-state index contributed by atoms with van der Waals surface area (Å²) in [4.78, 5) is 18.4. The van der Waals surface area contributed by atoms with Crippen LogP contribution in [0.2, 0.25) is 5.15 Å². The molecule has 0 fully saturated rings. The second-order valence-electron chi connectivity index (χ2n) is 4.03. The molecule has 7 heteroatoms. The summed E-state index contributed by atoms with van der Waals surface area (Å²) in [5, 5.41) is 9.58. The lowest BCUT2D eigenvalue weighted by Gasteiger charge is -2.11. The Kier molecular flexibility index (Phi) is 4.57. The van der Waals surface area contributed by atoms with Crippen LogP contribution < -0.4 is 9.47 Å². The van der Waals surface area contributed by atoms with Crippen LogP contribution in [0.4, 0.5) is 0 Å². The summed E-state index contributed by atoms with van der Waals surface area (Å²) in [6.45, 7) is 0.285. The van der Waals surface area contributed by atoms with Crippen molar-refractivity contribution in [1.82, 2.24) is 9.97 Å². The molecule has 0 spiro atoms. The third-order valence-electron chi connectivity index (χ3n) is 2.66. The number of aromatic nitrogens is 2. The lowest BCUT2D eigenvalue weighted by molar-refractivity contribution is -0.137. The second kappa shape index (κ2) is 6.38. The van der Waals surface area contributed by atoms with Crippen LogP contribution in [0.1, 0.15) is 12.8 Å². The third-order valence-corrected chi connectivity index (χ3v) is 2.97. The number of carbonyl (C=O) groups is 1. The first-order valence-corrected chi connectivity index (χ1v) is 6.32. The minimum atomic E-state index is -0.849. The molecule has 2 rings (SSSR count). The molecule has 0 amide bonds. The number of hydrogen-bond acceptors (Lipinski definition) is 5. The second-order valence-corrected chi connectivity index (χ2v) is 4.39. The van der Waals surface area contributed by atoms with Crippen molar-refractivity contribution in [2.24, 2.45) is 0 Å². The van der Waals surface area contributed by atoms with Gasteiger partial charge in [-0.1, -0.05) is 11.6 Å². The van der Waals surface area contributed by atoms with Crippen molar-refractivity contribution >= 4 is 28.5 Å². The highest BCUT2D eigenvalue weighted by Crippen LogP contribution is 2.33. The number of carboxylic acids is 1. The van der Waals surface area contributed by atoms with Gasteiger partial charge in [-0.05, 0) is 12.5 Å². The number of ether oxygens (including phenoxy) is 2. The molecule has 0 aliphatic carbocycles. The maximum absolute atomic E-state index is 10.4. The number of nitrogens with zero attached hydrogens (tertiary/aromatic N) is 2. The topological polar surface area (TPSA) is 81.5 Å². The molecule has 0 atom stereocenters. The van der Waals surface area contributed by atoms with Gasteiger partial charge in [0, 0.05) is 17.9 Å². The van der Waals surface area contributed by atoms with Crippen LogP contribution >= 0.6 is 11.6 Å². The average molecular weight is 297 g/mol. The van der Waals surface area contributed by atoms with Gasteiger partial charge in [0.15, 0.2) is 11.5 Å². The van der Waals surface area contributed by atoms with Crippen molar-refractivity contribution in [3.05, 3.63) is 23.6 Å². The van der Waals surface area contributed by atoms with Gasteiger partial charge in [-0.15, -0.1) is 0 Å². The molecule has 0 aliphatic rings. The summed E-state index contributed by atoms with van der Waals surface area (Å²) in [6.07, 6.45) is 1.84. The van der Waals surface area contributed by atoms with E-state index in [-0.39, 0.29) is 13.0 Å². The summed E-state index contributed by atoms with van der Waals surface area (Å²) >= 11 is 5.99. The predicted octanol–water partition coefficient (Wildman–Crippen LogP) is 2.54. The van der Waals surface area contributed by atoms with Crippen molar-refractivity contribution in [2.45, 2.75) is 12.8 Å². The van der Waals surface area contributed by atoms with E-state index in [1.54, 1.807) is 12.1 Å². The highest BCUT2D eigenvalue weighted by Gasteiger charge is 2.10. The Labute approximate surface area is 120 Å². The molecule has 6 nitrogen and oxygen atoms in total. The Balaban J connectivity index is 2.21. The molecule has 1 N–H and O–H groups in total. The number of rotatable bonds is 6. The van der Waals surface area contributed by atoms with Crippen LogP contribution in [0.15, 0.2) is 18.5 Å². The minimum Gasteiger partial charge on any atom is -0.493 e. The van der Waals surface area contributed by atoms with Crippen molar-refractivity contribution < 1.29 is 19.4 Å². The van der Waals surface area contributed by atoms with E-state index in [0.29, 0.717) is 34.0 Å². The van der Waals surface area contributed by atoms with Gasteiger partial charge in [-0.2, -0.15) is 0 Å². The minimum absolute atomic E-state index is 0.0594. The van der Waals surface area contributed by atoms with E-state index >= 15 is 0 Å². The Hall–Kier alpha value is -2.08. The van der Waals surface area contributed by atoms with Gasteiger partial charge < -0.3 is 14.6 Å².